The van der Waals surface area contributed by atoms with Crippen LogP contribution in [-0.4, -0.2) is 27.3 Å². The third-order valence-corrected chi connectivity index (χ3v) is 2.18. The van der Waals surface area contributed by atoms with Crippen LogP contribution < -0.4 is 0 Å². The molecule has 0 aliphatic rings. The van der Waals surface area contributed by atoms with Crippen LogP contribution in [0.4, 0.5) is 0 Å². The van der Waals surface area contributed by atoms with E-state index in [1.54, 1.807) is 6.92 Å². The highest BCUT2D eigenvalue weighted by molar-refractivity contribution is 6.90. The lowest BCUT2D eigenvalue weighted by molar-refractivity contribution is -0.355. The number of hydrogen-bond donors (Lipinski definition) is 0. The average molecular weight is 227 g/mol. The Bertz CT molecular complexity index is 131. The minimum Gasteiger partial charge on any atom is -0.360 e. The summed E-state index contributed by atoms with van der Waals surface area (Å²) in [7, 11) is -1.05. The van der Waals surface area contributed by atoms with Crippen molar-refractivity contribution >= 4 is 20.2 Å². The molecule has 0 atom stereocenters. The van der Waals surface area contributed by atoms with E-state index < -0.39 is 15.0 Å². The standard InChI is InChI=1S/C8H19ClO3Si/c1-6(2)10-8(5,12-13-9)11-7(3)4/h6-7H,13H2,1-5H3. The van der Waals surface area contributed by atoms with Gasteiger partial charge in [-0.15, -0.1) is 11.1 Å². The molecule has 13 heavy (non-hydrogen) atoms. The van der Waals surface area contributed by atoms with Crippen molar-refractivity contribution in [3.8, 4) is 0 Å². The molecule has 0 aromatic carbocycles. The number of rotatable bonds is 6. The van der Waals surface area contributed by atoms with Gasteiger partial charge in [-0.05, 0) is 27.7 Å². The quantitative estimate of drug-likeness (QED) is 0.393. The molecule has 0 aliphatic carbocycles. The van der Waals surface area contributed by atoms with Crippen molar-refractivity contribution < 1.29 is 13.9 Å². The lowest BCUT2D eigenvalue weighted by Crippen LogP contribution is -2.40. The summed E-state index contributed by atoms with van der Waals surface area (Å²) in [4.78, 5) is 0. The van der Waals surface area contributed by atoms with Crippen LogP contribution >= 0.6 is 11.1 Å². The van der Waals surface area contributed by atoms with Gasteiger partial charge in [-0.3, -0.25) is 0 Å². The van der Waals surface area contributed by atoms with E-state index in [0.717, 1.165) is 0 Å². The van der Waals surface area contributed by atoms with Crippen LogP contribution in [0.2, 0.25) is 0 Å². The summed E-state index contributed by atoms with van der Waals surface area (Å²) in [5.41, 5.74) is 0. The second kappa shape index (κ2) is 5.98. The van der Waals surface area contributed by atoms with Crippen molar-refractivity contribution in [2.24, 2.45) is 0 Å². The van der Waals surface area contributed by atoms with Gasteiger partial charge in [-0.2, -0.15) is 0 Å². The smallest absolute Gasteiger partial charge is 0.271 e. The molecule has 0 N–H and O–H groups in total. The Balaban J connectivity index is 4.15. The molecule has 0 spiro atoms. The average Bonchev–Trinajstić information content (AvgIpc) is 1.81. The summed E-state index contributed by atoms with van der Waals surface area (Å²) in [5.74, 6) is -0.976. The van der Waals surface area contributed by atoms with E-state index in [2.05, 4.69) is 0 Å². The molecule has 0 amide bonds. The molecule has 0 rings (SSSR count). The maximum atomic E-state index is 5.61. The third-order valence-electron chi connectivity index (χ3n) is 1.22. The van der Waals surface area contributed by atoms with Crippen molar-refractivity contribution in [3.05, 3.63) is 0 Å². The highest BCUT2D eigenvalue weighted by Crippen LogP contribution is 2.18. The first-order chi connectivity index (χ1) is 5.89. The van der Waals surface area contributed by atoms with E-state index in [1.807, 2.05) is 27.7 Å². The van der Waals surface area contributed by atoms with Gasteiger partial charge in [-0.1, -0.05) is 0 Å². The molecule has 80 valence electrons. The maximum Gasteiger partial charge on any atom is 0.271 e. The third kappa shape index (κ3) is 6.46. The minimum absolute atomic E-state index is 0.0565. The largest absolute Gasteiger partial charge is 0.360 e. The molecule has 0 radical (unpaired) electrons. The van der Waals surface area contributed by atoms with E-state index >= 15 is 0 Å². The molecular formula is C8H19ClO3Si. The van der Waals surface area contributed by atoms with Gasteiger partial charge in [-0.25, -0.2) is 0 Å². The molecule has 0 unspecified atom stereocenters. The van der Waals surface area contributed by atoms with Gasteiger partial charge in [0.25, 0.3) is 15.0 Å². The summed E-state index contributed by atoms with van der Waals surface area (Å²) < 4.78 is 16.3. The Hall–Kier alpha value is 0.387. The lowest BCUT2D eigenvalue weighted by atomic mass is 10.4. The van der Waals surface area contributed by atoms with Crippen LogP contribution in [-0.2, 0) is 13.9 Å². The van der Waals surface area contributed by atoms with Gasteiger partial charge in [0.2, 0.25) is 0 Å². The van der Waals surface area contributed by atoms with Crippen LogP contribution in [0, 0.1) is 0 Å². The summed E-state index contributed by atoms with van der Waals surface area (Å²) >= 11 is 5.61. The zero-order valence-electron chi connectivity index (χ0n) is 8.96. The SMILES string of the molecule is CC(C)OC(C)(O[SiH2]Cl)OC(C)C. The lowest BCUT2D eigenvalue weighted by Gasteiger charge is -2.32. The first-order valence-corrected chi connectivity index (χ1v) is 7.16. The molecule has 5 heteroatoms. The van der Waals surface area contributed by atoms with E-state index in [0.29, 0.717) is 0 Å². The van der Waals surface area contributed by atoms with Crippen LogP contribution in [0.3, 0.4) is 0 Å². The van der Waals surface area contributed by atoms with Crippen LogP contribution in [0.5, 0.6) is 0 Å². The van der Waals surface area contributed by atoms with Crippen molar-refractivity contribution in [1.82, 2.24) is 0 Å². The highest BCUT2D eigenvalue weighted by atomic mass is 35.6. The Morgan fingerprint density at radius 2 is 1.46 bits per heavy atom. The van der Waals surface area contributed by atoms with Gasteiger partial charge >= 0.3 is 0 Å². The van der Waals surface area contributed by atoms with Crippen LogP contribution in [0.25, 0.3) is 0 Å². The molecule has 0 heterocycles. The summed E-state index contributed by atoms with van der Waals surface area (Å²) in [6.45, 7) is 9.48. The number of halogens is 1. The fourth-order valence-corrected chi connectivity index (χ4v) is 1.98. The summed E-state index contributed by atoms with van der Waals surface area (Å²) in [5, 5.41) is 0. The predicted molar refractivity (Wildman–Crippen MR) is 56.3 cm³/mol. The zero-order chi connectivity index (χ0) is 10.5. The van der Waals surface area contributed by atoms with Gasteiger partial charge in [0.05, 0.1) is 12.2 Å². The molecule has 0 fully saturated rings. The summed E-state index contributed by atoms with van der Waals surface area (Å²) in [6.07, 6.45) is 0.113. The predicted octanol–water partition coefficient (Wildman–Crippen LogP) is 1.76. The van der Waals surface area contributed by atoms with Crippen LogP contribution in [0.1, 0.15) is 34.6 Å². The van der Waals surface area contributed by atoms with Crippen molar-refractivity contribution in [2.45, 2.75) is 52.8 Å². The molecular weight excluding hydrogens is 208 g/mol. The Kier molecular flexibility index (Phi) is 6.16. The van der Waals surface area contributed by atoms with Gasteiger partial charge in [0, 0.05) is 6.92 Å². The topological polar surface area (TPSA) is 27.7 Å². The first-order valence-electron chi connectivity index (χ1n) is 4.45. The molecule has 0 saturated carbocycles. The maximum absolute atomic E-state index is 5.61. The minimum atomic E-state index is -1.05. The second-order valence-corrected chi connectivity index (χ2v) is 4.61. The van der Waals surface area contributed by atoms with Gasteiger partial charge < -0.3 is 13.9 Å². The summed E-state index contributed by atoms with van der Waals surface area (Å²) in [6, 6.07) is 0. The number of ether oxygens (including phenoxy) is 2. The second-order valence-electron chi connectivity index (χ2n) is 3.45. The molecule has 0 aromatic rings. The fourth-order valence-electron chi connectivity index (χ4n) is 1.05. The monoisotopic (exact) mass is 226 g/mol. The van der Waals surface area contributed by atoms with Crippen molar-refractivity contribution in [1.29, 1.82) is 0 Å². The van der Waals surface area contributed by atoms with Gasteiger partial charge in [0.1, 0.15) is 0 Å². The first kappa shape index (κ1) is 13.4. The molecule has 3 nitrogen and oxygen atoms in total. The van der Waals surface area contributed by atoms with Crippen LogP contribution in [0.15, 0.2) is 0 Å². The fraction of sp³-hybridized carbons (Fsp3) is 1.00. The van der Waals surface area contributed by atoms with Gasteiger partial charge in [0.15, 0.2) is 0 Å². The van der Waals surface area contributed by atoms with E-state index in [9.17, 15) is 0 Å². The van der Waals surface area contributed by atoms with Crippen molar-refractivity contribution in [3.63, 3.8) is 0 Å². The Labute approximate surface area is 87.3 Å². The van der Waals surface area contributed by atoms with E-state index in [4.69, 9.17) is 25.0 Å². The molecule has 0 bridgehead atoms. The molecule has 0 saturated heterocycles. The normalized spacial score (nSPS) is 13.8. The molecule has 0 aliphatic heterocycles. The Morgan fingerprint density at radius 3 is 1.69 bits per heavy atom. The van der Waals surface area contributed by atoms with E-state index in [1.165, 1.54) is 0 Å². The molecule has 0 aromatic heterocycles. The highest BCUT2D eigenvalue weighted by Gasteiger charge is 2.29. The zero-order valence-corrected chi connectivity index (χ0v) is 11.1. The number of hydrogen-bond acceptors (Lipinski definition) is 3. The van der Waals surface area contributed by atoms with Crippen molar-refractivity contribution in [2.75, 3.05) is 0 Å². The Morgan fingerprint density at radius 1 is 1.08 bits per heavy atom. The van der Waals surface area contributed by atoms with E-state index in [-0.39, 0.29) is 12.2 Å².